The highest BCUT2D eigenvalue weighted by Gasteiger charge is 2.22. The standard InChI is InChI=1S/C11H23N3/c1-3-10-6-4-5-7-14(10)8-9(2)11(12)13/h9-10H,3-8H2,1-2H3,(H3,12,13). The quantitative estimate of drug-likeness (QED) is 0.533. The van der Waals surface area contributed by atoms with Crippen molar-refractivity contribution in [3.8, 4) is 0 Å². The lowest BCUT2D eigenvalue weighted by Crippen LogP contribution is -2.43. The van der Waals surface area contributed by atoms with E-state index in [0.717, 1.165) is 12.6 Å². The zero-order chi connectivity index (χ0) is 10.6. The summed E-state index contributed by atoms with van der Waals surface area (Å²) in [5.74, 6) is 0.535. The number of hydrogen-bond donors (Lipinski definition) is 2. The zero-order valence-corrected chi connectivity index (χ0v) is 9.42. The van der Waals surface area contributed by atoms with E-state index in [2.05, 4.69) is 11.8 Å². The zero-order valence-electron chi connectivity index (χ0n) is 9.42. The van der Waals surface area contributed by atoms with E-state index in [0.29, 0.717) is 5.84 Å². The second-order valence-corrected chi connectivity index (χ2v) is 4.41. The van der Waals surface area contributed by atoms with Gasteiger partial charge < -0.3 is 5.73 Å². The van der Waals surface area contributed by atoms with Gasteiger partial charge in [0.2, 0.25) is 0 Å². The normalized spacial score (nSPS) is 26.0. The van der Waals surface area contributed by atoms with E-state index < -0.39 is 0 Å². The summed E-state index contributed by atoms with van der Waals surface area (Å²) >= 11 is 0. The molecule has 0 aromatic carbocycles. The lowest BCUT2D eigenvalue weighted by atomic mass is 9.98. The molecule has 0 aliphatic carbocycles. The van der Waals surface area contributed by atoms with Crippen LogP contribution in [-0.2, 0) is 0 Å². The molecule has 2 unspecified atom stereocenters. The van der Waals surface area contributed by atoms with Gasteiger partial charge in [0.05, 0.1) is 5.84 Å². The largest absolute Gasteiger partial charge is 0.387 e. The Kier molecular flexibility index (Phi) is 4.39. The second-order valence-electron chi connectivity index (χ2n) is 4.41. The molecule has 0 saturated carbocycles. The lowest BCUT2D eigenvalue weighted by Gasteiger charge is -2.36. The molecular weight excluding hydrogens is 174 g/mol. The number of amidine groups is 1. The molecule has 3 nitrogen and oxygen atoms in total. The summed E-state index contributed by atoms with van der Waals surface area (Å²) in [6, 6.07) is 0.727. The average molecular weight is 197 g/mol. The van der Waals surface area contributed by atoms with Crippen LogP contribution in [0.5, 0.6) is 0 Å². The molecule has 1 fully saturated rings. The van der Waals surface area contributed by atoms with Gasteiger partial charge in [-0.1, -0.05) is 20.3 Å². The van der Waals surface area contributed by atoms with Crippen molar-refractivity contribution in [3.05, 3.63) is 0 Å². The highest BCUT2D eigenvalue weighted by Crippen LogP contribution is 2.20. The molecule has 0 radical (unpaired) electrons. The van der Waals surface area contributed by atoms with Crippen molar-refractivity contribution in [2.24, 2.45) is 11.7 Å². The Bertz CT molecular complexity index is 191. The molecule has 3 N–H and O–H groups in total. The maximum absolute atomic E-state index is 7.39. The molecule has 0 bridgehead atoms. The number of nitrogens with two attached hydrogens (primary N) is 1. The second kappa shape index (κ2) is 5.35. The lowest BCUT2D eigenvalue weighted by molar-refractivity contribution is 0.135. The Hall–Kier alpha value is -0.570. The first-order chi connectivity index (χ1) is 6.65. The fourth-order valence-corrected chi connectivity index (χ4v) is 2.21. The van der Waals surface area contributed by atoms with E-state index in [4.69, 9.17) is 11.1 Å². The molecule has 2 atom stereocenters. The summed E-state index contributed by atoms with van der Waals surface area (Å²) in [7, 11) is 0. The summed E-state index contributed by atoms with van der Waals surface area (Å²) < 4.78 is 0. The van der Waals surface area contributed by atoms with Gasteiger partial charge in [-0.3, -0.25) is 10.3 Å². The Morgan fingerprint density at radius 3 is 2.86 bits per heavy atom. The molecule has 1 aliphatic rings. The molecule has 0 aromatic heterocycles. The summed E-state index contributed by atoms with van der Waals surface area (Å²) in [4.78, 5) is 2.51. The SMILES string of the molecule is CCC1CCCCN1CC(C)C(=N)N. The number of likely N-dealkylation sites (tertiary alicyclic amines) is 1. The molecule has 1 rings (SSSR count). The topological polar surface area (TPSA) is 53.1 Å². The van der Waals surface area contributed by atoms with Crippen molar-refractivity contribution in [3.63, 3.8) is 0 Å². The third kappa shape index (κ3) is 2.98. The van der Waals surface area contributed by atoms with E-state index in [-0.39, 0.29) is 5.92 Å². The van der Waals surface area contributed by atoms with Gasteiger partial charge in [-0.25, -0.2) is 0 Å². The first-order valence-electron chi connectivity index (χ1n) is 5.73. The van der Waals surface area contributed by atoms with Gasteiger partial charge in [0, 0.05) is 18.5 Å². The Morgan fingerprint density at radius 1 is 1.57 bits per heavy atom. The van der Waals surface area contributed by atoms with Gasteiger partial charge >= 0.3 is 0 Å². The Balaban J connectivity index is 2.44. The molecule has 82 valence electrons. The fraction of sp³-hybridized carbons (Fsp3) is 0.909. The van der Waals surface area contributed by atoms with Crippen LogP contribution >= 0.6 is 0 Å². The van der Waals surface area contributed by atoms with Crippen molar-refractivity contribution in [1.29, 1.82) is 5.41 Å². The Morgan fingerprint density at radius 2 is 2.29 bits per heavy atom. The van der Waals surface area contributed by atoms with Crippen molar-refractivity contribution in [2.45, 2.75) is 45.6 Å². The molecule has 14 heavy (non-hydrogen) atoms. The van der Waals surface area contributed by atoms with Crippen molar-refractivity contribution >= 4 is 5.84 Å². The van der Waals surface area contributed by atoms with Crippen LogP contribution in [0.1, 0.15) is 39.5 Å². The fourth-order valence-electron chi connectivity index (χ4n) is 2.21. The predicted octanol–water partition coefficient (Wildman–Crippen LogP) is 1.82. The minimum atomic E-state index is 0.210. The van der Waals surface area contributed by atoms with Crippen LogP contribution in [-0.4, -0.2) is 29.9 Å². The summed E-state index contributed by atoms with van der Waals surface area (Å²) in [6.07, 6.45) is 5.22. The molecule has 1 aliphatic heterocycles. The summed E-state index contributed by atoms with van der Waals surface area (Å²) in [6.45, 7) is 6.45. The van der Waals surface area contributed by atoms with Crippen LogP contribution in [0, 0.1) is 11.3 Å². The molecule has 1 heterocycles. The molecule has 1 saturated heterocycles. The number of nitrogens with zero attached hydrogens (tertiary/aromatic N) is 1. The van der Waals surface area contributed by atoms with E-state index in [1.807, 2.05) is 6.92 Å². The van der Waals surface area contributed by atoms with Crippen LogP contribution in [0.2, 0.25) is 0 Å². The third-order valence-electron chi connectivity index (χ3n) is 3.26. The van der Waals surface area contributed by atoms with Crippen molar-refractivity contribution in [2.75, 3.05) is 13.1 Å². The highest BCUT2D eigenvalue weighted by molar-refractivity contribution is 5.79. The Labute approximate surface area is 87.2 Å². The van der Waals surface area contributed by atoms with E-state index in [9.17, 15) is 0 Å². The van der Waals surface area contributed by atoms with E-state index in [1.54, 1.807) is 0 Å². The van der Waals surface area contributed by atoms with Gasteiger partial charge in [0.15, 0.2) is 0 Å². The highest BCUT2D eigenvalue weighted by atomic mass is 15.2. The average Bonchev–Trinajstić information content (AvgIpc) is 2.18. The molecular formula is C11H23N3. The number of nitrogens with one attached hydrogen (secondary N) is 1. The maximum Gasteiger partial charge on any atom is 0.0947 e. The molecule has 0 spiro atoms. The van der Waals surface area contributed by atoms with Crippen LogP contribution in [0.25, 0.3) is 0 Å². The van der Waals surface area contributed by atoms with Crippen LogP contribution < -0.4 is 5.73 Å². The predicted molar refractivity (Wildman–Crippen MR) is 60.6 cm³/mol. The molecule has 0 aromatic rings. The third-order valence-corrected chi connectivity index (χ3v) is 3.26. The molecule has 0 amide bonds. The number of rotatable bonds is 4. The first kappa shape index (κ1) is 11.5. The minimum Gasteiger partial charge on any atom is -0.387 e. The van der Waals surface area contributed by atoms with Crippen molar-refractivity contribution in [1.82, 2.24) is 4.90 Å². The van der Waals surface area contributed by atoms with Gasteiger partial charge in [0.25, 0.3) is 0 Å². The van der Waals surface area contributed by atoms with E-state index in [1.165, 1.54) is 32.2 Å². The van der Waals surface area contributed by atoms with E-state index >= 15 is 0 Å². The van der Waals surface area contributed by atoms with Gasteiger partial charge in [-0.15, -0.1) is 0 Å². The number of hydrogen-bond acceptors (Lipinski definition) is 2. The van der Waals surface area contributed by atoms with Crippen molar-refractivity contribution < 1.29 is 0 Å². The van der Waals surface area contributed by atoms with Gasteiger partial charge in [0.1, 0.15) is 0 Å². The number of piperidine rings is 1. The summed E-state index contributed by atoms with van der Waals surface area (Å²) in [5.41, 5.74) is 5.50. The smallest absolute Gasteiger partial charge is 0.0947 e. The maximum atomic E-state index is 7.39. The summed E-state index contributed by atoms with van der Waals surface area (Å²) in [5, 5.41) is 7.39. The monoisotopic (exact) mass is 197 g/mol. The molecule has 3 heteroatoms. The van der Waals surface area contributed by atoms with Crippen LogP contribution in [0.3, 0.4) is 0 Å². The van der Waals surface area contributed by atoms with Crippen LogP contribution in [0.4, 0.5) is 0 Å². The van der Waals surface area contributed by atoms with Gasteiger partial charge in [-0.05, 0) is 25.8 Å². The first-order valence-corrected chi connectivity index (χ1v) is 5.73. The van der Waals surface area contributed by atoms with Gasteiger partial charge in [-0.2, -0.15) is 0 Å². The minimum absolute atomic E-state index is 0.210. The van der Waals surface area contributed by atoms with Crippen LogP contribution in [0.15, 0.2) is 0 Å².